The molecule has 0 aromatic heterocycles. The Hall–Kier alpha value is -3.41. The van der Waals surface area contributed by atoms with Gasteiger partial charge in [-0.1, -0.05) is 24.3 Å². The van der Waals surface area contributed by atoms with Gasteiger partial charge in [0.1, 0.15) is 11.6 Å². The Bertz CT molecular complexity index is 1360. The number of carbonyl (C=O) groups excluding carboxylic acids is 4. The summed E-state index contributed by atoms with van der Waals surface area (Å²) in [5, 5.41) is 4.95. The van der Waals surface area contributed by atoms with Gasteiger partial charge in [0.2, 0.25) is 21.8 Å². The summed E-state index contributed by atoms with van der Waals surface area (Å²) in [6.07, 6.45) is 6.34. The van der Waals surface area contributed by atoms with Crippen LogP contribution >= 0.6 is 0 Å². The van der Waals surface area contributed by atoms with E-state index in [1.165, 1.54) is 0 Å². The minimum absolute atomic E-state index is 0.107. The minimum atomic E-state index is -3.81. The van der Waals surface area contributed by atoms with Crippen molar-refractivity contribution in [2.24, 2.45) is 17.8 Å². The van der Waals surface area contributed by atoms with Crippen molar-refractivity contribution in [3.05, 3.63) is 42.0 Å². The van der Waals surface area contributed by atoms with Gasteiger partial charge in [0.25, 0.3) is 5.91 Å². The van der Waals surface area contributed by atoms with Crippen LogP contribution in [0, 0.1) is 24.7 Å². The number of allylic oxidation sites excluding steroid dienone is 1. The average molecular weight is 587 g/mol. The number of carbonyl (C=O) groups is 4. The van der Waals surface area contributed by atoms with Crippen molar-refractivity contribution in [3.8, 4) is 0 Å². The van der Waals surface area contributed by atoms with E-state index in [9.17, 15) is 27.6 Å². The van der Waals surface area contributed by atoms with Crippen molar-refractivity contribution in [1.82, 2.24) is 14.9 Å². The van der Waals surface area contributed by atoms with E-state index >= 15 is 0 Å². The van der Waals surface area contributed by atoms with Gasteiger partial charge in [-0.25, -0.2) is 13.2 Å². The number of rotatable bonds is 5. The van der Waals surface area contributed by atoms with E-state index in [-0.39, 0.29) is 31.1 Å². The van der Waals surface area contributed by atoms with Gasteiger partial charge in [0.05, 0.1) is 17.1 Å². The molecule has 0 spiro atoms. The van der Waals surface area contributed by atoms with Gasteiger partial charge >= 0.3 is 6.09 Å². The smallest absolute Gasteiger partial charge is 0.411 e. The molecule has 0 saturated heterocycles. The molecule has 222 valence electrons. The third-order valence-electron chi connectivity index (χ3n) is 8.53. The van der Waals surface area contributed by atoms with E-state index in [1.54, 1.807) is 24.1 Å². The van der Waals surface area contributed by atoms with Crippen molar-refractivity contribution < 1.29 is 32.3 Å². The number of benzene rings is 1. The Morgan fingerprint density at radius 3 is 2.61 bits per heavy atom. The van der Waals surface area contributed by atoms with Crippen LogP contribution in [0.2, 0.25) is 0 Å². The zero-order chi connectivity index (χ0) is 29.4. The van der Waals surface area contributed by atoms with E-state index < -0.39 is 56.7 Å². The Morgan fingerprint density at radius 2 is 1.88 bits per heavy atom. The molecule has 4 amide bonds. The largest absolute Gasteiger partial charge is 0.446 e. The molecule has 4 aliphatic rings. The molecule has 1 heterocycles. The lowest BCUT2D eigenvalue weighted by molar-refractivity contribution is -0.140. The Balaban J connectivity index is 1.34. The van der Waals surface area contributed by atoms with Crippen LogP contribution in [0.5, 0.6) is 0 Å². The van der Waals surface area contributed by atoms with Crippen molar-refractivity contribution in [1.29, 1.82) is 0 Å². The van der Waals surface area contributed by atoms with Crippen LogP contribution in [0.3, 0.4) is 0 Å². The molecule has 11 nitrogen and oxygen atoms in total. The topological polar surface area (TPSA) is 151 Å². The molecule has 5 rings (SSSR count). The summed E-state index contributed by atoms with van der Waals surface area (Å²) >= 11 is 0. The summed E-state index contributed by atoms with van der Waals surface area (Å²) in [5.41, 5.74) is 0.136. The summed E-state index contributed by atoms with van der Waals surface area (Å²) in [4.78, 5) is 54.8. The molecule has 1 aromatic rings. The van der Waals surface area contributed by atoms with Gasteiger partial charge < -0.3 is 15.0 Å². The fourth-order valence-electron chi connectivity index (χ4n) is 5.91. The van der Waals surface area contributed by atoms with E-state index in [1.807, 2.05) is 31.2 Å². The van der Waals surface area contributed by atoms with Crippen LogP contribution in [0.25, 0.3) is 0 Å². The van der Waals surface area contributed by atoms with Gasteiger partial charge in [-0.2, -0.15) is 0 Å². The molecule has 0 unspecified atom stereocenters. The number of anilines is 1. The summed E-state index contributed by atoms with van der Waals surface area (Å²) in [6, 6.07) is 7.25. The third kappa shape index (κ3) is 6.58. The van der Waals surface area contributed by atoms with Crippen LogP contribution in [0.1, 0.15) is 56.9 Å². The maximum absolute atomic E-state index is 13.7. The van der Waals surface area contributed by atoms with Crippen molar-refractivity contribution in [3.63, 3.8) is 0 Å². The van der Waals surface area contributed by atoms with Crippen LogP contribution in [-0.4, -0.2) is 67.6 Å². The first-order valence-electron chi connectivity index (χ1n) is 14.3. The molecule has 0 bridgehead atoms. The first-order chi connectivity index (χ1) is 19.5. The van der Waals surface area contributed by atoms with Gasteiger partial charge in [-0.15, -0.1) is 0 Å². The molecule has 0 radical (unpaired) electrons. The Labute approximate surface area is 240 Å². The predicted octanol–water partition coefficient (Wildman–Crippen LogP) is 2.62. The van der Waals surface area contributed by atoms with Gasteiger partial charge in [0, 0.05) is 25.2 Å². The molecule has 5 atom stereocenters. The number of ether oxygens (including phenoxy) is 1. The van der Waals surface area contributed by atoms with Crippen LogP contribution in [0.4, 0.5) is 10.5 Å². The molecule has 3 fully saturated rings. The molecular formula is C29H38N4O7S. The lowest BCUT2D eigenvalue weighted by Gasteiger charge is -2.26. The quantitative estimate of drug-likeness (QED) is 0.449. The highest BCUT2D eigenvalue weighted by Crippen LogP contribution is 2.47. The fourth-order valence-corrected chi connectivity index (χ4v) is 7.28. The molecule has 1 aliphatic heterocycles. The number of aryl methyl sites for hydroxylation is 1. The van der Waals surface area contributed by atoms with Crippen LogP contribution in [0.15, 0.2) is 36.4 Å². The van der Waals surface area contributed by atoms with Crippen LogP contribution < -0.4 is 15.4 Å². The second-order valence-electron chi connectivity index (χ2n) is 11.8. The highest BCUT2D eigenvalue weighted by Gasteiger charge is 2.62. The molecule has 41 heavy (non-hydrogen) atoms. The van der Waals surface area contributed by atoms with E-state index in [0.717, 1.165) is 24.8 Å². The number of amides is 4. The predicted molar refractivity (Wildman–Crippen MR) is 151 cm³/mol. The highest BCUT2D eigenvalue weighted by molar-refractivity contribution is 7.91. The molecule has 12 heteroatoms. The molecule has 1 aromatic carbocycles. The number of hydrogen-bond acceptors (Lipinski definition) is 7. The fraction of sp³-hybridized carbons (Fsp3) is 0.586. The van der Waals surface area contributed by atoms with Crippen molar-refractivity contribution in [2.75, 3.05) is 18.9 Å². The standard InChI is InChI=1S/C29H38N4O7S/c1-18-8-7-10-20(14-18)30-28(37)40-21-15-23-24(16-21)26(35)33(2)13-6-4-3-5-9-19-17-29(19,31-25(23)34)27(36)32-41(38,39)22-11-12-22/h5,7-10,14,19,21-24H,3-4,6,11-13,15-17H2,1-2H3,(H,30,37)(H,31,34)(H,32,36)/b9-5-/t19-,21+,23+,24+,29+/m0/s1. The molecular weight excluding hydrogens is 548 g/mol. The number of nitrogens with zero attached hydrogens (tertiary/aromatic N) is 1. The Kier molecular flexibility index (Phi) is 8.13. The first-order valence-corrected chi connectivity index (χ1v) is 15.9. The van der Waals surface area contributed by atoms with Gasteiger partial charge in [-0.05, 0) is 76.0 Å². The SMILES string of the molecule is Cc1cccc(NC(=O)O[C@@H]2C[C@H]3C(=O)N[C@]4(C(=O)NS(=O)(=O)C5CC5)C[C@@H]4/C=C\CCCCN(C)C(=O)[C@@H]3C2)c1. The number of fused-ring (bicyclic) bond motifs is 2. The second-order valence-corrected chi connectivity index (χ2v) is 13.8. The summed E-state index contributed by atoms with van der Waals surface area (Å²) in [5.74, 6) is -3.43. The number of nitrogens with one attached hydrogen (secondary N) is 3. The summed E-state index contributed by atoms with van der Waals surface area (Å²) in [7, 11) is -2.11. The van der Waals surface area contributed by atoms with Crippen molar-refractivity contribution in [2.45, 2.75) is 75.2 Å². The Morgan fingerprint density at radius 1 is 1.12 bits per heavy atom. The minimum Gasteiger partial charge on any atom is -0.446 e. The van der Waals surface area contributed by atoms with Crippen molar-refractivity contribution >= 4 is 39.5 Å². The average Bonchev–Trinajstić information content (AvgIpc) is 3.82. The zero-order valence-corrected chi connectivity index (χ0v) is 24.2. The first kappa shape index (κ1) is 29.1. The highest BCUT2D eigenvalue weighted by atomic mass is 32.2. The normalized spacial score (nSPS) is 31.1. The van der Waals surface area contributed by atoms with Gasteiger partial charge in [-0.3, -0.25) is 24.4 Å². The van der Waals surface area contributed by atoms with Gasteiger partial charge in [0.15, 0.2) is 0 Å². The maximum atomic E-state index is 13.7. The second kappa shape index (κ2) is 11.5. The maximum Gasteiger partial charge on any atom is 0.411 e. The van der Waals surface area contributed by atoms with E-state index in [4.69, 9.17) is 4.74 Å². The lowest BCUT2D eigenvalue weighted by atomic mass is 9.93. The van der Waals surface area contributed by atoms with E-state index in [0.29, 0.717) is 25.1 Å². The summed E-state index contributed by atoms with van der Waals surface area (Å²) < 4.78 is 32.9. The number of sulfonamides is 1. The molecule has 3 saturated carbocycles. The monoisotopic (exact) mass is 586 g/mol. The summed E-state index contributed by atoms with van der Waals surface area (Å²) in [6.45, 7) is 2.44. The zero-order valence-electron chi connectivity index (χ0n) is 23.4. The molecule has 3 aliphatic carbocycles. The molecule has 3 N–H and O–H groups in total. The van der Waals surface area contributed by atoms with Crippen LogP contribution in [-0.2, 0) is 29.1 Å². The number of hydrogen-bond donors (Lipinski definition) is 3. The van der Waals surface area contributed by atoms with E-state index in [2.05, 4.69) is 15.4 Å². The lowest BCUT2D eigenvalue weighted by Crippen LogP contribution is -2.54. The third-order valence-corrected chi connectivity index (χ3v) is 10.4.